The maximum absolute atomic E-state index is 13.3. The molecule has 0 unspecified atom stereocenters. The number of rotatable bonds is 2. The Bertz CT molecular complexity index is 961. The standard InChI is InChI=1S/C13H12F5N3S.C7H6/c14-12(15,16)13(17,18)21-6-4-20(5-7-21)9-2-1-3-10-11(9)19-8-22-10;1-2-7-4-3-6(1)5-7/h1-3,8H,4-7H2;1-4H,5H2. The highest BCUT2D eigenvalue weighted by molar-refractivity contribution is 7.16. The molecule has 0 radical (unpaired) electrons. The molecule has 29 heavy (non-hydrogen) atoms. The van der Waals surface area contributed by atoms with Crippen molar-refractivity contribution in [2.45, 2.75) is 18.6 Å². The normalized spacial score (nSPS) is 19.3. The van der Waals surface area contributed by atoms with E-state index in [2.05, 4.69) is 29.3 Å². The highest BCUT2D eigenvalue weighted by atomic mass is 32.1. The van der Waals surface area contributed by atoms with Gasteiger partial charge in [-0.3, -0.25) is 0 Å². The molecular formula is C20H18F5N3S. The number of alkyl halides is 5. The third-order valence-electron chi connectivity index (χ3n) is 5.13. The van der Waals surface area contributed by atoms with Crippen LogP contribution in [0.2, 0.25) is 0 Å². The predicted molar refractivity (Wildman–Crippen MR) is 104 cm³/mol. The number of hydrogen-bond acceptors (Lipinski definition) is 4. The van der Waals surface area contributed by atoms with E-state index in [1.54, 1.807) is 16.5 Å². The second kappa shape index (κ2) is 7.53. The first-order valence-electron chi connectivity index (χ1n) is 9.10. The lowest BCUT2D eigenvalue weighted by atomic mass is 10.2. The molecule has 154 valence electrons. The molecular weight excluding hydrogens is 409 g/mol. The highest BCUT2D eigenvalue weighted by Crippen LogP contribution is 2.39. The summed E-state index contributed by atoms with van der Waals surface area (Å²) in [5.74, 6) is 0. The van der Waals surface area contributed by atoms with E-state index in [9.17, 15) is 22.0 Å². The summed E-state index contributed by atoms with van der Waals surface area (Å²) in [7, 11) is 0. The molecule has 0 atom stereocenters. The summed E-state index contributed by atoms with van der Waals surface area (Å²) in [4.78, 5) is 6.22. The fourth-order valence-electron chi connectivity index (χ4n) is 3.54. The molecule has 3 aliphatic rings. The van der Waals surface area contributed by atoms with Crippen LogP contribution >= 0.6 is 11.3 Å². The fraction of sp³-hybridized carbons (Fsp3) is 0.350. The first-order valence-corrected chi connectivity index (χ1v) is 9.98. The molecule has 2 aliphatic carbocycles. The average molecular weight is 427 g/mol. The van der Waals surface area contributed by atoms with Crippen LogP contribution in [0.15, 0.2) is 59.2 Å². The Balaban J connectivity index is 0.000000243. The van der Waals surface area contributed by atoms with Gasteiger partial charge in [-0.25, -0.2) is 9.88 Å². The van der Waals surface area contributed by atoms with Crippen LogP contribution < -0.4 is 4.90 Å². The highest BCUT2D eigenvalue weighted by Gasteiger charge is 2.61. The van der Waals surface area contributed by atoms with Gasteiger partial charge in [0, 0.05) is 26.2 Å². The number of para-hydroxylation sites is 1. The van der Waals surface area contributed by atoms with E-state index in [-0.39, 0.29) is 31.1 Å². The minimum Gasteiger partial charge on any atom is -0.367 e. The Hall–Kier alpha value is -2.26. The summed E-state index contributed by atoms with van der Waals surface area (Å²) in [5, 5.41) is 0. The van der Waals surface area contributed by atoms with Crippen LogP contribution in [0.25, 0.3) is 10.2 Å². The molecule has 1 fully saturated rings. The largest absolute Gasteiger partial charge is 0.469 e. The zero-order valence-electron chi connectivity index (χ0n) is 15.3. The molecule has 1 saturated heterocycles. The minimum absolute atomic E-state index is 0.0995. The van der Waals surface area contributed by atoms with Crippen LogP contribution in [0.1, 0.15) is 6.42 Å². The third kappa shape index (κ3) is 3.93. The molecule has 9 heteroatoms. The molecule has 0 saturated carbocycles. The molecule has 3 nitrogen and oxygen atoms in total. The van der Waals surface area contributed by atoms with Crippen molar-refractivity contribution < 1.29 is 22.0 Å². The van der Waals surface area contributed by atoms with Gasteiger partial charge in [-0.2, -0.15) is 22.0 Å². The third-order valence-corrected chi connectivity index (χ3v) is 5.92. The Kier molecular flexibility index (Phi) is 5.20. The fourth-order valence-corrected chi connectivity index (χ4v) is 4.24. The number of nitrogens with zero attached hydrogens (tertiary/aromatic N) is 3. The van der Waals surface area contributed by atoms with Crippen molar-refractivity contribution in [1.82, 2.24) is 9.88 Å². The molecule has 0 spiro atoms. The van der Waals surface area contributed by atoms with Crippen LogP contribution in [0.3, 0.4) is 0 Å². The number of benzene rings is 1. The first-order chi connectivity index (χ1) is 13.8. The lowest BCUT2D eigenvalue weighted by Crippen LogP contribution is -2.59. The molecule has 2 bridgehead atoms. The van der Waals surface area contributed by atoms with E-state index in [0.717, 1.165) is 15.9 Å². The lowest BCUT2D eigenvalue weighted by Gasteiger charge is -2.40. The molecule has 0 N–H and O–H groups in total. The van der Waals surface area contributed by atoms with Crippen molar-refractivity contribution in [3.8, 4) is 0 Å². The van der Waals surface area contributed by atoms with Crippen molar-refractivity contribution in [3.63, 3.8) is 0 Å². The van der Waals surface area contributed by atoms with Crippen LogP contribution in [-0.4, -0.2) is 48.3 Å². The van der Waals surface area contributed by atoms with Gasteiger partial charge in [-0.05, 0) is 29.7 Å². The number of allylic oxidation sites excluding steroid dienone is 6. The molecule has 0 amide bonds. The SMILES string of the molecule is C1=CC2=CC=C1C2.FC(F)(F)C(F)(F)N1CCN(c2cccc3scnc23)CC1. The Morgan fingerprint density at radius 3 is 2.07 bits per heavy atom. The van der Waals surface area contributed by atoms with E-state index >= 15 is 0 Å². The van der Waals surface area contributed by atoms with E-state index in [0.29, 0.717) is 0 Å². The lowest BCUT2D eigenvalue weighted by molar-refractivity contribution is -0.341. The summed E-state index contributed by atoms with van der Waals surface area (Å²) >= 11 is 1.46. The maximum Gasteiger partial charge on any atom is 0.469 e. The van der Waals surface area contributed by atoms with Gasteiger partial charge in [-0.15, -0.1) is 11.3 Å². The van der Waals surface area contributed by atoms with E-state index < -0.39 is 12.2 Å². The van der Waals surface area contributed by atoms with Gasteiger partial charge in [0.25, 0.3) is 0 Å². The summed E-state index contributed by atoms with van der Waals surface area (Å²) in [6.07, 6.45) is 4.35. The van der Waals surface area contributed by atoms with Crippen molar-refractivity contribution in [1.29, 1.82) is 0 Å². The van der Waals surface area contributed by atoms with Gasteiger partial charge in [-0.1, -0.05) is 30.4 Å². The van der Waals surface area contributed by atoms with E-state index in [1.165, 1.54) is 28.9 Å². The van der Waals surface area contributed by atoms with Crippen LogP contribution in [0.4, 0.5) is 27.6 Å². The quantitative estimate of drug-likeness (QED) is 0.474. The molecule has 2 aromatic rings. The van der Waals surface area contributed by atoms with Gasteiger partial charge in [0.05, 0.1) is 15.9 Å². The molecule has 2 heterocycles. The number of anilines is 1. The second-order valence-electron chi connectivity index (χ2n) is 6.98. The summed E-state index contributed by atoms with van der Waals surface area (Å²) in [5.41, 5.74) is 6.14. The number of thiazole rings is 1. The number of hydrogen-bond donors (Lipinski definition) is 0. The van der Waals surface area contributed by atoms with Gasteiger partial charge in [0.15, 0.2) is 0 Å². The molecule has 1 aromatic heterocycles. The topological polar surface area (TPSA) is 19.4 Å². The van der Waals surface area contributed by atoms with E-state index in [1.807, 2.05) is 12.1 Å². The van der Waals surface area contributed by atoms with Gasteiger partial charge >= 0.3 is 12.2 Å². The Morgan fingerprint density at radius 1 is 0.897 bits per heavy atom. The van der Waals surface area contributed by atoms with Crippen LogP contribution in [-0.2, 0) is 0 Å². The molecule has 5 rings (SSSR count). The number of halogens is 5. The monoisotopic (exact) mass is 427 g/mol. The second-order valence-corrected chi connectivity index (χ2v) is 7.87. The minimum atomic E-state index is -5.55. The van der Waals surface area contributed by atoms with Crippen molar-refractivity contribution >= 4 is 27.2 Å². The number of fused-ring (bicyclic) bond motifs is 3. The zero-order valence-corrected chi connectivity index (χ0v) is 16.1. The smallest absolute Gasteiger partial charge is 0.367 e. The van der Waals surface area contributed by atoms with E-state index in [4.69, 9.17) is 0 Å². The zero-order chi connectivity index (χ0) is 20.6. The van der Waals surface area contributed by atoms with Crippen molar-refractivity contribution in [2.75, 3.05) is 31.1 Å². The van der Waals surface area contributed by atoms with Crippen LogP contribution in [0, 0.1) is 0 Å². The predicted octanol–water partition coefficient (Wildman–Crippen LogP) is 5.39. The van der Waals surface area contributed by atoms with Crippen molar-refractivity contribution in [3.05, 3.63) is 59.2 Å². The van der Waals surface area contributed by atoms with Gasteiger partial charge in [0.1, 0.15) is 5.52 Å². The van der Waals surface area contributed by atoms with Gasteiger partial charge < -0.3 is 4.90 Å². The molecule has 1 aromatic carbocycles. The summed E-state index contributed by atoms with van der Waals surface area (Å²) in [6, 6.07) is 0.739. The first kappa shape index (κ1) is 20.0. The number of piperazine rings is 1. The average Bonchev–Trinajstić information content (AvgIpc) is 3.45. The number of aromatic nitrogens is 1. The Labute approximate surface area is 168 Å². The summed E-state index contributed by atoms with van der Waals surface area (Å²) in [6.45, 7) is -0.509. The van der Waals surface area contributed by atoms with Gasteiger partial charge in [0.2, 0.25) is 0 Å². The summed E-state index contributed by atoms with van der Waals surface area (Å²) < 4.78 is 64.8. The van der Waals surface area contributed by atoms with Crippen LogP contribution in [0.5, 0.6) is 0 Å². The van der Waals surface area contributed by atoms with Crippen molar-refractivity contribution in [2.24, 2.45) is 0 Å². The maximum atomic E-state index is 13.3. The molecule has 1 aliphatic heterocycles. The Morgan fingerprint density at radius 2 is 1.55 bits per heavy atom.